The Labute approximate surface area is 197 Å². The lowest BCUT2D eigenvalue weighted by molar-refractivity contribution is 0.354. The van der Waals surface area contributed by atoms with Crippen molar-refractivity contribution < 1.29 is 18.6 Å². The van der Waals surface area contributed by atoms with Crippen molar-refractivity contribution in [1.29, 1.82) is 0 Å². The molecule has 6 nitrogen and oxygen atoms in total. The number of imidazole rings is 1. The Kier molecular flexibility index (Phi) is 5.76. The number of aliphatic imine (C=N–C) groups is 1. The highest BCUT2D eigenvalue weighted by Crippen LogP contribution is 2.44. The van der Waals surface area contributed by atoms with Gasteiger partial charge in [0.15, 0.2) is 11.5 Å². The van der Waals surface area contributed by atoms with Crippen molar-refractivity contribution in [3.8, 4) is 39.8 Å². The number of methoxy groups -OCH3 is 3. The average Bonchev–Trinajstić information content (AvgIpc) is 3.26. The van der Waals surface area contributed by atoms with Crippen LogP contribution in [0.5, 0.6) is 17.2 Å². The van der Waals surface area contributed by atoms with Gasteiger partial charge in [-0.1, -0.05) is 12.1 Å². The molecule has 1 aliphatic heterocycles. The summed E-state index contributed by atoms with van der Waals surface area (Å²) >= 11 is 0. The molecule has 2 heterocycles. The van der Waals surface area contributed by atoms with Crippen molar-refractivity contribution in [2.75, 3.05) is 21.3 Å². The van der Waals surface area contributed by atoms with Crippen molar-refractivity contribution in [1.82, 2.24) is 9.55 Å². The van der Waals surface area contributed by atoms with E-state index in [0.717, 1.165) is 52.4 Å². The predicted molar refractivity (Wildman–Crippen MR) is 130 cm³/mol. The van der Waals surface area contributed by atoms with Crippen LogP contribution in [-0.2, 0) is 13.0 Å². The van der Waals surface area contributed by atoms with Crippen LogP contribution in [0.4, 0.5) is 10.3 Å². The van der Waals surface area contributed by atoms with Gasteiger partial charge in [0.05, 0.1) is 32.7 Å². The third kappa shape index (κ3) is 3.90. The molecular weight excluding hydrogens is 433 g/mol. The smallest absolute Gasteiger partial charge is 0.230 e. The molecule has 172 valence electrons. The fourth-order valence-corrected chi connectivity index (χ4v) is 4.24. The molecule has 0 N–H and O–H groups in total. The van der Waals surface area contributed by atoms with Crippen LogP contribution < -0.4 is 14.2 Å². The van der Waals surface area contributed by atoms with Gasteiger partial charge in [-0.05, 0) is 66.1 Å². The van der Waals surface area contributed by atoms with Crippen molar-refractivity contribution in [3.63, 3.8) is 0 Å². The van der Waals surface area contributed by atoms with E-state index in [1.807, 2.05) is 36.4 Å². The number of fused-ring (bicyclic) bond motifs is 3. The zero-order valence-electron chi connectivity index (χ0n) is 19.2. The minimum atomic E-state index is -0.280. The van der Waals surface area contributed by atoms with Crippen molar-refractivity contribution in [2.24, 2.45) is 4.99 Å². The summed E-state index contributed by atoms with van der Waals surface area (Å²) in [7, 11) is 4.92. The lowest BCUT2D eigenvalue weighted by Crippen LogP contribution is -2.11. The van der Waals surface area contributed by atoms with E-state index in [-0.39, 0.29) is 5.82 Å². The Morgan fingerprint density at radius 3 is 2.29 bits per heavy atom. The largest absolute Gasteiger partial charge is 0.497 e. The SMILES string of the molecule is COc1ccc(-c2nc(N=Cc3ccc(F)cc3)n3c2-c2cc(OC)c(OC)cc2CC3)cc1. The zero-order chi connectivity index (χ0) is 23.7. The Bertz CT molecular complexity index is 1360. The highest BCUT2D eigenvalue weighted by molar-refractivity contribution is 5.86. The molecule has 0 unspecified atom stereocenters. The van der Waals surface area contributed by atoms with Crippen molar-refractivity contribution >= 4 is 12.2 Å². The molecular formula is C27H24FN3O3. The van der Waals surface area contributed by atoms with Gasteiger partial charge in [-0.3, -0.25) is 0 Å². The van der Waals surface area contributed by atoms with Gasteiger partial charge < -0.3 is 18.8 Å². The van der Waals surface area contributed by atoms with Crippen LogP contribution in [0, 0.1) is 5.82 Å². The van der Waals surface area contributed by atoms with Gasteiger partial charge in [0.1, 0.15) is 11.6 Å². The molecule has 0 saturated carbocycles. The first-order valence-electron chi connectivity index (χ1n) is 10.9. The van der Waals surface area contributed by atoms with Gasteiger partial charge in [0.2, 0.25) is 5.95 Å². The molecule has 0 radical (unpaired) electrons. The summed E-state index contributed by atoms with van der Waals surface area (Å²) in [5.74, 6) is 2.45. The number of rotatable bonds is 6. The lowest BCUT2D eigenvalue weighted by Gasteiger charge is -2.22. The second-order valence-electron chi connectivity index (χ2n) is 7.91. The van der Waals surface area contributed by atoms with E-state index in [4.69, 9.17) is 19.2 Å². The summed E-state index contributed by atoms with van der Waals surface area (Å²) in [6, 6.07) is 18.1. The lowest BCUT2D eigenvalue weighted by atomic mass is 9.94. The fraction of sp³-hybridized carbons (Fsp3) is 0.185. The highest BCUT2D eigenvalue weighted by Gasteiger charge is 2.27. The number of aromatic nitrogens is 2. The first-order valence-corrected chi connectivity index (χ1v) is 10.9. The number of hydrogen-bond acceptors (Lipinski definition) is 5. The Balaban J connectivity index is 1.68. The molecule has 0 saturated heterocycles. The quantitative estimate of drug-likeness (QED) is 0.349. The minimum Gasteiger partial charge on any atom is -0.497 e. The normalized spacial score (nSPS) is 12.4. The summed E-state index contributed by atoms with van der Waals surface area (Å²) < 4.78 is 31.8. The first-order chi connectivity index (χ1) is 16.6. The third-order valence-electron chi connectivity index (χ3n) is 5.98. The van der Waals surface area contributed by atoms with Crippen LogP contribution in [-0.4, -0.2) is 37.1 Å². The summed E-state index contributed by atoms with van der Waals surface area (Å²) in [5, 5.41) is 0. The molecule has 4 aromatic rings. The minimum absolute atomic E-state index is 0.280. The van der Waals surface area contributed by atoms with Crippen molar-refractivity contribution in [3.05, 3.63) is 77.6 Å². The van der Waals surface area contributed by atoms with Gasteiger partial charge >= 0.3 is 0 Å². The Morgan fingerprint density at radius 1 is 0.912 bits per heavy atom. The molecule has 7 heteroatoms. The van der Waals surface area contributed by atoms with E-state index in [1.54, 1.807) is 39.7 Å². The molecule has 0 amide bonds. The monoisotopic (exact) mass is 457 g/mol. The van der Waals surface area contributed by atoms with Crippen LogP contribution in [0.2, 0.25) is 0 Å². The fourth-order valence-electron chi connectivity index (χ4n) is 4.24. The summed E-state index contributed by atoms with van der Waals surface area (Å²) in [4.78, 5) is 9.60. The number of hydrogen-bond donors (Lipinski definition) is 0. The molecule has 5 rings (SSSR count). The van der Waals surface area contributed by atoms with Gasteiger partial charge in [0, 0.05) is 23.9 Å². The van der Waals surface area contributed by atoms with Crippen LogP contribution in [0.25, 0.3) is 22.5 Å². The Hall–Kier alpha value is -4.13. The van der Waals surface area contributed by atoms with Gasteiger partial charge in [0.25, 0.3) is 0 Å². The molecule has 1 aliphatic rings. The molecule has 3 aromatic carbocycles. The zero-order valence-corrected chi connectivity index (χ0v) is 19.2. The van der Waals surface area contributed by atoms with Crippen LogP contribution in [0.3, 0.4) is 0 Å². The van der Waals surface area contributed by atoms with E-state index in [9.17, 15) is 4.39 Å². The second kappa shape index (κ2) is 9.02. The molecule has 0 aliphatic carbocycles. The molecule has 0 fully saturated rings. The van der Waals surface area contributed by atoms with Gasteiger partial charge in [-0.15, -0.1) is 0 Å². The standard InChI is InChI=1S/C27H24FN3O3/c1-32-21-10-6-18(7-11-21)25-26-22-15-24(34-3)23(33-2)14-19(22)12-13-31(26)27(30-25)29-16-17-4-8-20(28)9-5-17/h4-11,14-16H,12-13H2,1-3H3. The van der Waals surface area contributed by atoms with Crippen LogP contribution in [0.1, 0.15) is 11.1 Å². The third-order valence-corrected chi connectivity index (χ3v) is 5.98. The van der Waals surface area contributed by atoms with Crippen molar-refractivity contribution in [2.45, 2.75) is 13.0 Å². The van der Waals surface area contributed by atoms with Gasteiger partial charge in [-0.2, -0.15) is 0 Å². The Morgan fingerprint density at radius 2 is 1.62 bits per heavy atom. The van der Waals surface area contributed by atoms with Crippen LogP contribution in [0.15, 0.2) is 65.7 Å². The van der Waals surface area contributed by atoms with E-state index < -0.39 is 0 Å². The van der Waals surface area contributed by atoms with E-state index in [1.165, 1.54) is 12.1 Å². The van der Waals surface area contributed by atoms with Gasteiger partial charge in [-0.25, -0.2) is 14.4 Å². The maximum Gasteiger partial charge on any atom is 0.230 e. The first kappa shape index (κ1) is 21.7. The topological polar surface area (TPSA) is 57.9 Å². The number of ether oxygens (including phenoxy) is 3. The summed E-state index contributed by atoms with van der Waals surface area (Å²) in [5.41, 5.74) is 5.74. The summed E-state index contributed by atoms with van der Waals surface area (Å²) in [6.45, 7) is 0.719. The molecule has 0 spiro atoms. The summed E-state index contributed by atoms with van der Waals surface area (Å²) in [6.07, 6.45) is 2.51. The highest BCUT2D eigenvalue weighted by atomic mass is 19.1. The molecule has 34 heavy (non-hydrogen) atoms. The number of halogens is 1. The molecule has 1 aromatic heterocycles. The number of nitrogens with zero attached hydrogens (tertiary/aromatic N) is 3. The van der Waals surface area contributed by atoms with Crippen LogP contribution >= 0.6 is 0 Å². The predicted octanol–water partition coefficient (Wildman–Crippen LogP) is 5.69. The number of aryl methyl sites for hydroxylation is 1. The van der Waals surface area contributed by atoms with E-state index in [2.05, 4.69) is 9.56 Å². The second-order valence-corrected chi connectivity index (χ2v) is 7.91. The number of benzene rings is 3. The van der Waals surface area contributed by atoms with E-state index >= 15 is 0 Å². The average molecular weight is 458 g/mol. The maximum absolute atomic E-state index is 13.3. The van der Waals surface area contributed by atoms with E-state index in [0.29, 0.717) is 17.4 Å². The molecule has 0 atom stereocenters. The molecule has 0 bridgehead atoms. The maximum atomic E-state index is 13.3.